The molecule has 2 aromatic rings. The maximum atomic E-state index is 13.5. The average molecular weight is 395 g/mol. The van der Waals surface area contributed by atoms with Crippen LogP contribution in [0.2, 0.25) is 0 Å². The van der Waals surface area contributed by atoms with E-state index in [2.05, 4.69) is 33.1 Å². The summed E-state index contributed by atoms with van der Waals surface area (Å²) in [5.74, 6) is -0.454. The van der Waals surface area contributed by atoms with Crippen LogP contribution in [-0.2, 0) is 6.42 Å². The standard InChI is InChI=1S/C25H34N2O2/c1-8-19-10-12-20(13-11-19)23(28)26-27(22(9-2)25(5,6)7)24(29)21-15-17(3)14-18(4)16-21/h10-16,22H,8-9H2,1-7H3,(H,26,28). The van der Waals surface area contributed by atoms with Gasteiger partial charge in [0.05, 0.1) is 6.04 Å². The summed E-state index contributed by atoms with van der Waals surface area (Å²) < 4.78 is 0. The van der Waals surface area contributed by atoms with Gasteiger partial charge in [0.25, 0.3) is 11.8 Å². The molecule has 2 amide bonds. The molecule has 2 aromatic carbocycles. The predicted octanol–water partition coefficient (Wildman–Crippen LogP) is 5.48. The van der Waals surface area contributed by atoms with Crippen LogP contribution in [0.25, 0.3) is 0 Å². The maximum Gasteiger partial charge on any atom is 0.272 e. The molecular formula is C25H34N2O2. The van der Waals surface area contributed by atoms with Gasteiger partial charge in [-0.3, -0.25) is 15.0 Å². The number of carbonyl (C=O) groups excluding carboxylic acids is 2. The molecule has 0 fully saturated rings. The summed E-state index contributed by atoms with van der Waals surface area (Å²) in [4.78, 5) is 26.4. The molecule has 1 N–H and O–H groups in total. The molecule has 4 nitrogen and oxygen atoms in total. The number of aryl methyl sites for hydroxylation is 3. The number of nitrogens with zero attached hydrogens (tertiary/aromatic N) is 1. The van der Waals surface area contributed by atoms with Gasteiger partial charge in [-0.15, -0.1) is 0 Å². The number of carbonyl (C=O) groups is 2. The lowest BCUT2D eigenvalue weighted by molar-refractivity contribution is 0.0285. The lowest BCUT2D eigenvalue weighted by atomic mass is 9.84. The number of hydrogen-bond donors (Lipinski definition) is 1. The smallest absolute Gasteiger partial charge is 0.267 e. The molecule has 0 radical (unpaired) electrons. The first-order valence-electron chi connectivity index (χ1n) is 10.4. The van der Waals surface area contributed by atoms with Crippen molar-refractivity contribution in [2.24, 2.45) is 5.41 Å². The fourth-order valence-corrected chi connectivity index (χ4v) is 3.76. The molecule has 29 heavy (non-hydrogen) atoms. The Bertz CT molecular complexity index is 843. The largest absolute Gasteiger partial charge is 0.272 e. The van der Waals surface area contributed by atoms with Gasteiger partial charge in [0.1, 0.15) is 0 Å². The molecule has 0 aliphatic carbocycles. The van der Waals surface area contributed by atoms with Gasteiger partial charge in [0, 0.05) is 11.1 Å². The lowest BCUT2D eigenvalue weighted by Gasteiger charge is -2.39. The number of rotatable bonds is 5. The van der Waals surface area contributed by atoms with Crippen molar-refractivity contribution in [2.45, 2.75) is 67.3 Å². The van der Waals surface area contributed by atoms with E-state index >= 15 is 0 Å². The van der Waals surface area contributed by atoms with Crippen LogP contribution in [0.1, 0.15) is 78.4 Å². The molecule has 1 unspecified atom stereocenters. The monoisotopic (exact) mass is 394 g/mol. The molecule has 1 atom stereocenters. The average Bonchev–Trinajstić information content (AvgIpc) is 2.65. The van der Waals surface area contributed by atoms with Crippen molar-refractivity contribution in [1.82, 2.24) is 10.4 Å². The minimum absolute atomic E-state index is 0.144. The summed E-state index contributed by atoms with van der Waals surface area (Å²) in [6, 6.07) is 13.2. The van der Waals surface area contributed by atoms with E-state index in [9.17, 15) is 9.59 Å². The van der Waals surface area contributed by atoms with E-state index in [0.717, 1.165) is 24.0 Å². The Morgan fingerprint density at radius 1 is 0.931 bits per heavy atom. The highest BCUT2D eigenvalue weighted by Crippen LogP contribution is 2.27. The van der Waals surface area contributed by atoms with E-state index in [1.807, 2.05) is 63.2 Å². The van der Waals surface area contributed by atoms with E-state index < -0.39 is 0 Å². The normalized spacial score (nSPS) is 12.4. The number of amides is 2. The Hall–Kier alpha value is -2.62. The van der Waals surface area contributed by atoms with Gasteiger partial charge in [-0.05, 0) is 61.9 Å². The molecule has 0 spiro atoms. The fraction of sp³-hybridized carbons (Fsp3) is 0.440. The van der Waals surface area contributed by atoms with E-state index in [4.69, 9.17) is 0 Å². The molecule has 0 saturated heterocycles. The van der Waals surface area contributed by atoms with Crippen molar-refractivity contribution in [3.8, 4) is 0 Å². The molecule has 0 saturated carbocycles. The van der Waals surface area contributed by atoms with Crippen LogP contribution < -0.4 is 5.43 Å². The second-order valence-corrected chi connectivity index (χ2v) is 8.83. The van der Waals surface area contributed by atoms with Crippen molar-refractivity contribution >= 4 is 11.8 Å². The van der Waals surface area contributed by atoms with Gasteiger partial charge in [0.2, 0.25) is 0 Å². The summed E-state index contributed by atoms with van der Waals surface area (Å²) in [5.41, 5.74) is 7.08. The first kappa shape index (κ1) is 22.7. The molecule has 0 aliphatic rings. The molecule has 4 heteroatoms. The quantitative estimate of drug-likeness (QED) is 0.683. The van der Waals surface area contributed by atoms with Crippen LogP contribution in [0.5, 0.6) is 0 Å². The van der Waals surface area contributed by atoms with Crippen molar-refractivity contribution in [3.05, 3.63) is 70.3 Å². The number of benzene rings is 2. The number of hydrogen-bond acceptors (Lipinski definition) is 2. The van der Waals surface area contributed by atoms with Crippen LogP contribution in [0, 0.1) is 19.3 Å². The zero-order chi connectivity index (χ0) is 21.8. The van der Waals surface area contributed by atoms with E-state index in [1.165, 1.54) is 10.6 Å². The number of nitrogens with one attached hydrogen (secondary N) is 1. The Kier molecular flexibility index (Phi) is 7.23. The molecule has 2 rings (SSSR count). The molecule has 0 heterocycles. The predicted molar refractivity (Wildman–Crippen MR) is 119 cm³/mol. The summed E-state index contributed by atoms with van der Waals surface area (Å²) in [5, 5.41) is 1.53. The van der Waals surface area contributed by atoms with Crippen molar-refractivity contribution in [3.63, 3.8) is 0 Å². The van der Waals surface area contributed by atoms with Gasteiger partial charge in [-0.2, -0.15) is 0 Å². The van der Waals surface area contributed by atoms with Gasteiger partial charge in [-0.1, -0.05) is 63.9 Å². The molecular weight excluding hydrogens is 360 g/mol. The van der Waals surface area contributed by atoms with Crippen LogP contribution >= 0.6 is 0 Å². The van der Waals surface area contributed by atoms with Gasteiger partial charge < -0.3 is 0 Å². The summed E-state index contributed by atoms with van der Waals surface area (Å²) >= 11 is 0. The van der Waals surface area contributed by atoms with Crippen molar-refractivity contribution in [1.29, 1.82) is 0 Å². The van der Waals surface area contributed by atoms with Crippen molar-refractivity contribution < 1.29 is 9.59 Å². The third-order valence-corrected chi connectivity index (χ3v) is 5.23. The summed E-state index contributed by atoms with van der Waals surface area (Å²) in [6.07, 6.45) is 1.65. The molecule has 0 aliphatic heterocycles. The first-order chi connectivity index (χ1) is 13.6. The second kappa shape index (κ2) is 9.25. The Balaban J connectivity index is 2.40. The zero-order valence-corrected chi connectivity index (χ0v) is 18.8. The molecule has 0 aromatic heterocycles. The topological polar surface area (TPSA) is 49.4 Å². The lowest BCUT2D eigenvalue weighted by Crippen LogP contribution is -2.56. The van der Waals surface area contributed by atoms with E-state index in [-0.39, 0.29) is 23.3 Å². The first-order valence-corrected chi connectivity index (χ1v) is 10.4. The number of hydrazine groups is 1. The van der Waals surface area contributed by atoms with Crippen molar-refractivity contribution in [2.75, 3.05) is 0 Å². The Morgan fingerprint density at radius 2 is 1.48 bits per heavy atom. The fourth-order valence-electron chi connectivity index (χ4n) is 3.76. The van der Waals surface area contributed by atoms with E-state index in [0.29, 0.717) is 11.1 Å². The molecule has 156 valence electrons. The zero-order valence-electron chi connectivity index (χ0n) is 18.8. The highest BCUT2D eigenvalue weighted by molar-refractivity contribution is 5.99. The highest BCUT2D eigenvalue weighted by Gasteiger charge is 2.34. The van der Waals surface area contributed by atoms with Gasteiger partial charge >= 0.3 is 0 Å². The summed E-state index contributed by atoms with van der Waals surface area (Å²) in [7, 11) is 0. The van der Waals surface area contributed by atoms with Gasteiger partial charge in [0.15, 0.2) is 0 Å². The highest BCUT2D eigenvalue weighted by atomic mass is 16.2. The maximum absolute atomic E-state index is 13.5. The summed E-state index contributed by atoms with van der Waals surface area (Å²) in [6.45, 7) is 14.3. The second-order valence-electron chi connectivity index (χ2n) is 8.83. The van der Waals surface area contributed by atoms with Crippen LogP contribution in [0.15, 0.2) is 42.5 Å². The SMILES string of the molecule is CCc1ccc(C(=O)NN(C(=O)c2cc(C)cc(C)c2)C(CC)C(C)(C)C)cc1. The third kappa shape index (κ3) is 5.69. The van der Waals surface area contributed by atoms with E-state index in [1.54, 1.807) is 0 Å². The van der Waals surface area contributed by atoms with Crippen LogP contribution in [-0.4, -0.2) is 22.9 Å². The van der Waals surface area contributed by atoms with Crippen LogP contribution in [0.4, 0.5) is 0 Å². The van der Waals surface area contributed by atoms with Gasteiger partial charge in [-0.25, -0.2) is 5.01 Å². The minimum atomic E-state index is -0.270. The minimum Gasteiger partial charge on any atom is -0.267 e. The Morgan fingerprint density at radius 3 is 1.93 bits per heavy atom. The molecule has 0 bridgehead atoms. The van der Waals surface area contributed by atoms with Crippen LogP contribution in [0.3, 0.4) is 0 Å². The Labute approximate surface area is 175 Å². The third-order valence-electron chi connectivity index (χ3n) is 5.23.